The molecule has 1 amide bonds. The van der Waals surface area contributed by atoms with Gasteiger partial charge >= 0.3 is 0 Å². The van der Waals surface area contributed by atoms with Crippen molar-refractivity contribution in [2.75, 3.05) is 26.8 Å². The first-order valence-electron chi connectivity index (χ1n) is 11.5. The Labute approximate surface area is 184 Å². The van der Waals surface area contributed by atoms with Crippen LogP contribution in [0, 0.1) is 5.92 Å². The second kappa shape index (κ2) is 10.3. The minimum atomic E-state index is -0.0762. The van der Waals surface area contributed by atoms with Crippen molar-refractivity contribution in [1.29, 1.82) is 0 Å². The fraction of sp³-hybridized carbons (Fsp3) is 0.600. The van der Waals surface area contributed by atoms with Crippen LogP contribution in [0.5, 0.6) is 5.75 Å². The number of pyridine rings is 1. The number of amides is 1. The van der Waals surface area contributed by atoms with Gasteiger partial charge in [-0.05, 0) is 42.4 Å². The van der Waals surface area contributed by atoms with E-state index in [1.54, 1.807) is 12.0 Å². The number of ether oxygens (including phenoxy) is 1. The maximum atomic E-state index is 13.4. The number of hydrogen-bond donors (Lipinski definition) is 2. The van der Waals surface area contributed by atoms with Gasteiger partial charge in [0.05, 0.1) is 19.2 Å². The fourth-order valence-electron chi connectivity index (χ4n) is 5.01. The van der Waals surface area contributed by atoms with Gasteiger partial charge in [0.15, 0.2) is 0 Å². The summed E-state index contributed by atoms with van der Waals surface area (Å²) in [5.41, 5.74) is 2.70. The SMILES string of the molecule is COc1ccc2c(C(CN(CCO)C(C)=O)C(C)C)c(C3CCCCC3)c(=O)[nH]c2c1. The van der Waals surface area contributed by atoms with Gasteiger partial charge in [-0.3, -0.25) is 9.59 Å². The number of aromatic amines is 1. The Balaban J connectivity index is 2.23. The van der Waals surface area contributed by atoms with E-state index in [4.69, 9.17) is 4.74 Å². The molecule has 31 heavy (non-hydrogen) atoms. The van der Waals surface area contributed by atoms with E-state index in [2.05, 4.69) is 18.8 Å². The number of nitrogens with one attached hydrogen (secondary N) is 1. The summed E-state index contributed by atoms with van der Waals surface area (Å²) in [5.74, 6) is 1.09. The third-order valence-corrected chi connectivity index (χ3v) is 6.72. The number of aliphatic hydroxyl groups is 1. The van der Waals surface area contributed by atoms with Gasteiger partial charge in [0, 0.05) is 42.9 Å². The summed E-state index contributed by atoms with van der Waals surface area (Å²) in [7, 11) is 1.62. The smallest absolute Gasteiger partial charge is 0.252 e. The maximum Gasteiger partial charge on any atom is 0.252 e. The normalized spacial score (nSPS) is 15.9. The monoisotopic (exact) mass is 428 g/mol. The number of hydrogen-bond acceptors (Lipinski definition) is 4. The molecule has 0 bridgehead atoms. The predicted molar refractivity (Wildman–Crippen MR) is 124 cm³/mol. The second-order valence-electron chi connectivity index (χ2n) is 9.07. The standard InChI is InChI=1S/C25H36N2O4/c1-16(2)21(15-27(12-13-28)17(3)29)24-20-11-10-19(31-4)14-22(20)26-25(30)23(24)18-8-6-5-7-9-18/h10-11,14,16,18,21,28H,5-9,12-13,15H2,1-4H3,(H,26,30). The van der Waals surface area contributed by atoms with Crippen LogP contribution in [0.3, 0.4) is 0 Å². The molecule has 1 unspecified atom stereocenters. The quantitative estimate of drug-likeness (QED) is 0.661. The van der Waals surface area contributed by atoms with Gasteiger partial charge < -0.3 is 19.7 Å². The van der Waals surface area contributed by atoms with E-state index in [1.165, 1.54) is 13.3 Å². The molecule has 170 valence electrons. The molecule has 0 radical (unpaired) electrons. The number of nitrogens with zero attached hydrogens (tertiary/aromatic N) is 1. The lowest BCUT2D eigenvalue weighted by atomic mass is 9.76. The highest BCUT2D eigenvalue weighted by atomic mass is 16.5. The lowest BCUT2D eigenvalue weighted by molar-refractivity contribution is -0.129. The lowest BCUT2D eigenvalue weighted by Crippen LogP contribution is -2.37. The molecule has 1 atom stereocenters. The Morgan fingerprint density at radius 3 is 2.55 bits per heavy atom. The number of fused-ring (bicyclic) bond motifs is 1. The number of methoxy groups -OCH3 is 1. The maximum absolute atomic E-state index is 13.4. The second-order valence-corrected chi connectivity index (χ2v) is 9.07. The molecule has 2 N–H and O–H groups in total. The van der Waals surface area contributed by atoms with Crippen molar-refractivity contribution in [2.24, 2.45) is 5.92 Å². The number of carbonyl (C=O) groups excluding carboxylic acids is 1. The van der Waals surface area contributed by atoms with Crippen LogP contribution in [0.25, 0.3) is 10.9 Å². The number of aromatic nitrogens is 1. The van der Waals surface area contributed by atoms with E-state index in [1.807, 2.05) is 18.2 Å². The highest BCUT2D eigenvalue weighted by molar-refractivity contribution is 5.85. The van der Waals surface area contributed by atoms with Crippen LogP contribution in [0.1, 0.15) is 75.8 Å². The molecule has 1 saturated carbocycles. The molecule has 1 aliphatic carbocycles. The molecule has 1 heterocycles. The number of aliphatic hydroxyl groups excluding tert-OH is 1. The molecule has 6 heteroatoms. The number of carbonyl (C=O) groups is 1. The van der Waals surface area contributed by atoms with Crippen molar-refractivity contribution >= 4 is 16.8 Å². The lowest BCUT2D eigenvalue weighted by Gasteiger charge is -2.33. The van der Waals surface area contributed by atoms with Gasteiger partial charge in [0.25, 0.3) is 5.56 Å². The molecular weight excluding hydrogens is 392 g/mol. The number of benzene rings is 1. The zero-order valence-corrected chi connectivity index (χ0v) is 19.2. The third kappa shape index (κ3) is 5.12. The highest BCUT2D eigenvalue weighted by Gasteiger charge is 2.30. The van der Waals surface area contributed by atoms with Crippen LogP contribution in [-0.4, -0.2) is 47.7 Å². The van der Waals surface area contributed by atoms with E-state index in [-0.39, 0.29) is 35.8 Å². The molecule has 2 aromatic rings. The Kier molecular flexibility index (Phi) is 7.76. The van der Waals surface area contributed by atoms with Gasteiger partial charge in [-0.25, -0.2) is 0 Å². The Morgan fingerprint density at radius 2 is 1.97 bits per heavy atom. The zero-order chi connectivity index (χ0) is 22.5. The van der Waals surface area contributed by atoms with Crippen molar-refractivity contribution in [2.45, 2.75) is 64.7 Å². The van der Waals surface area contributed by atoms with Crippen molar-refractivity contribution in [3.8, 4) is 5.75 Å². The van der Waals surface area contributed by atoms with E-state index in [0.29, 0.717) is 18.8 Å². The van der Waals surface area contributed by atoms with Crippen molar-refractivity contribution in [3.63, 3.8) is 0 Å². The Morgan fingerprint density at radius 1 is 1.26 bits per heavy atom. The van der Waals surface area contributed by atoms with E-state index in [9.17, 15) is 14.7 Å². The molecule has 6 nitrogen and oxygen atoms in total. The molecule has 0 spiro atoms. The Hall–Kier alpha value is -2.34. The molecular formula is C25H36N2O4. The first-order valence-corrected chi connectivity index (χ1v) is 11.5. The molecule has 1 fully saturated rings. The van der Waals surface area contributed by atoms with Crippen molar-refractivity contribution < 1.29 is 14.6 Å². The van der Waals surface area contributed by atoms with E-state index < -0.39 is 0 Å². The first-order chi connectivity index (χ1) is 14.9. The molecule has 3 rings (SSSR count). The average Bonchev–Trinajstić information content (AvgIpc) is 2.75. The minimum absolute atomic E-state index is 0.00873. The van der Waals surface area contributed by atoms with Crippen LogP contribution < -0.4 is 10.3 Å². The van der Waals surface area contributed by atoms with Crippen LogP contribution in [0.2, 0.25) is 0 Å². The van der Waals surface area contributed by atoms with Gasteiger partial charge in [0.1, 0.15) is 5.75 Å². The summed E-state index contributed by atoms with van der Waals surface area (Å²) < 4.78 is 5.38. The largest absolute Gasteiger partial charge is 0.497 e. The average molecular weight is 429 g/mol. The highest BCUT2D eigenvalue weighted by Crippen LogP contribution is 2.40. The summed E-state index contributed by atoms with van der Waals surface area (Å²) in [6.07, 6.45) is 5.54. The molecule has 1 aliphatic rings. The number of H-pyrrole nitrogens is 1. The van der Waals surface area contributed by atoms with E-state index >= 15 is 0 Å². The van der Waals surface area contributed by atoms with Crippen molar-refractivity contribution in [1.82, 2.24) is 9.88 Å². The van der Waals surface area contributed by atoms with Crippen LogP contribution in [0.4, 0.5) is 0 Å². The zero-order valence-electron chi connectivity index (χ0n) is 19.2. The molecule has 0 saturated heterocycles. The topological polar surface area (TPSA) is 82.6 Å². The van der Waals surface area contributed by atoms with Gasteiger partial charge in [-0.1, -0.05) is 33.1 Å². The van der Waals surface area contributed by atoms with Gasteiger partial charge in [0.2, 0.25) is 5.91 Å². The first kappa shape index (κ1) is 23.3. The third-order valence-electron chi connectivity index (χ3n) is 6.72. The fourth-order valence-corrected chi connectivity index (χ4v) is 5.01. The van der Waals surface area contributed by atoms with Gasteiger partial charge in [-0.2, -0.15) is 0 Å². The molecule has 1 aromatic carbocycles. The van der Waals surface area contributed by atoms with Crippen LogP contribution in [-0.2, 0) is 4.79 Å². The summed E-state index contributed by atoms with van der Waals surface area (Å²) in [6.45, 7) is 6.53. The van der Waals surface area contributed by atoms with Crippen molar-refractivity contribution in [3.05, 3.63) is 39.7 Å². The summed E-state index contributed by atoms with van der Waals surface area (Å²) in [5, 5.41) is 10.5. The van der Waals surface area contributed by atoms with Crippen LogP contribution >= 0.6 is 0 Å². The predicted octanol–water partition coefficient (Wildman–Crippen LogP) is 4.16. The van der Waals surface area contributed by atoms with Crippen LogP contribution in [0.15, 0.2) is 23.0 Å². The molecule has 1 aromatic heterocycles. The summed E-state index contributed by atoms with van der Waals surface area (Å²) in [6, 6.07) is 5.84. The molecule has 0 aliphatic heterocycles. The number of rotatable bonds is 8. The summed E-state index contributed by atoms with van der Waals surface area (Å²) >= 11 is 0. The van der Waals surface area contributed by atoms with E-state index in [0.717, 1.165) is 47.7 Å². The van der Waals surface area contributed by atoms with Gasteiger partial charge in [-0.15, -0.1) is 0 Å². The summed E-state index contributed by atoms with van der Waals surface area (Å²) in [4.78, 5) is 30.5. The Bertz CT molecular complexity index is 960. The minimum Gasteiger partial charge on any atom is -0.497 e.